The summed E-state index contributed by atoms with van der Waals surface area (Å²) in [6.45, 7) is 7.03. The Balaban J connectivity index is 0. The lowest BCUT2D eigenvalue weighted by atomic mass is 9.98. The minimum atomic E-state index is 0. The molecule has 4 heteroatoms. The van der Waals surface area contributed by atoms with Crippen LogP contribution in [-0.2, 0) is 6.54 Å². The lowest BCUT2D eigenvalue weighted by Crippen LogP contribution is -3.00. The van der Waals surface area contributed by atoms with Gasteiger partial charge in [0.15, 0.2) is 0 Å². The Labute approximate surface area is 313 Å². The molecular formula is C44H80Cl2N2. The van der Waals surface area contributed by atoms with Gasteiger partial charge in [-0.05, 0) is 38.9 Å². The number of nitrogens with zero attached hydrogens (tertiary/aromatic N) is 2. The van der Waals surface area contributed by atoms with Gasteiger partial charge in [0.2, 0.25) is 0 Å². The van der Waals surface area contributed by atoms with Crippen LogP contribution in [0.3, 0.4) is 0 Å². The van der Waals surface area contributed by atoms with Gasteiger partial charge in [-0.1, -0.05) is 203 Å². The largest absolute Gasteiger partial charge is 1.00 e. The topological polar surface area (TPSA) is 3.24 Å². The van der Waals surface area contributed by atoms with Gasteiger partial charge in [-0.2, -0.15) is 0 Å². The van der Waals surface area contributed by atoms with E-state index in [0.29, 0.717) is 6.04 Å². The first kappa shape index (κ1) is 49.1. The monoisotopic (exact) mass is 707 g/mol. The maximum Gasteiger partial charge on any atom is 0.104 e. The molecule has 2 aromatic carbocycles. The molecule has 0 spiro atoms. The number of unbranched alkanes of at least 4 members (excludes halogenated alkanes) is 20. The van der Waals surface area contributed by atoms with Crippen LogP contribution in [0.2, 0.25) is 0 Å². The standard InChI is InChI=1S/C23H41N.C21H38N.2ClH/c1-4-5-6-7-8-9-10-11-12-13-14-18-21-23(24(2)3)22-19-16-15-17-20-22;1-4-5-6-7-8-9-10-11-12-16-19-22(2,3)20-21-17-14-13-15-18-21;;/h15-17,19-20,23H,4-14,18,21H2,1-3H3;13-15,17-18H,4-12,16,19-20H2,1-3H3;2*1H/q;+1;;/p-1. The van der Waals surface area contributed by atoms with Crippen LogP contribution in [-0.4, -0.2) is 44.1 Å². The average Bonchev–Trinajstić information content (AvgIpc) is 3.05. The molecule has 0 aliphatic heterocycles. The van der Waals surface area contributed by atoms with Gasteiger partial charge in [-0.3, -0.25) is 0 Å². The van der Waals surface area contributed by atoms with Crippen LogP contribution in [0.25, 0.3) is 0 Å². The fourth-order valence-corrected chi connectivity index (χ4v) is 6.76. The van der Waals surface area contributed by atoms with Gasteiger partial charge in [-0.25, -0.2) is 0 Å². The van der Waals surface area contributed by atoms with Crippen molar-refractivity contribution in [3.63, 3.8) is 0 Å². The molecule has 0 aliphatic carbocycles. The zero-order chi connectivity index (χ0) is 33.6. The molecule has 280 valence electrons. The van der Waals surface area contributed by atoms with E-state index in [1.54, 1.807) is 0 Å². The normalized spacial score (nSPS) is 11.7. The van der Waals surface area contributed by atoms with Crippen molar-refractivity contribution >= 4 is 12.4 Å². The van der Waals surface area contributed by atoms with Crippen molar-refractivity contribution in [1.82, 2.24) is 4.90 Å². The molecule has 0 bridgehead atoms. The highest BCUT2D eigenvalue weighted by Crippen LogP contribution is 2.25. The smallest absolute Gasteiger partial charge is 0.104 e. The molecule has 0 fully saturated rings. The van der Waals surface area contributed by atoms with Crippen molar-refractivity contribution in [2.75, 3.05) is 34.7 Å². The summed E-state index contributed by atoms with van der Waals surface area (Å²) in [5.74, 6) is 0. The van der Waals surface area contributed by atoms with Gasteiger partial charge >= 0.3 is 0 Å². The third-order valence-corrected chi connectivity index (χ3v) is 9.71. The number of benzene rings is 2. The van der Waals surface area contributed by atoms with Crippen LogP contribution >= 0.6 is 12.4 Å². The van der Waals surface area contributed by atoms with Crippen molar-refractivity contribution in [3.8, 4) is 0 Å². The van der Waals surface area contributed by atoms with E-state index in [4.69, 9.17) is 0 Å². The molecule has 0 saturated heterocycles. The number of halogens is 2. The molecule has 48 heavy (non-hydrogen) atoms. The highest BCUT2D eigenvalue weighted by Gasteiger charge is 2.15. The molecule has 2 nitrogen and oxygen atoms in total. The second-order valence-corrected chi connectivity index (χ2v) is 15.1. The summed E-state index contributed by atoms with van der Waals surface area (Å²) in [5, 5.41) is 0. The van der Waals surface area contributed by atoms with Gasteiger partial charge in [0, 0.05) is 11.6 Å². The molecule has 1 atom stereocenters. The zero-order valence-electron chi connectivity index (χ0n) is 32.7. The summed E-state index contributed by atoms with van der Waals surface area (Å²) in [6, 6.07) is 22.4. The third kappa shape index (κ3) is 28.7. The molecule has 0 aromatic heterocycles. The van der Waals surface area contributed by atoms with E-state index in [2.05, 4.69) is 108 Å². The zero-order valence-corrected chi connectivity index (χ0v) is 34.3. The van der Waals surface area contributed by atoms with E-state index in [1.165, 1.54) is 165 Å². The average molecular weight is 708 g/mol. The van der Waals surface area contributed by atoms with E-state index < -0.39 is 0 Å². The summed E-state index contributed by atoms with van der Waals surface area (Å²) in [4.78, 5) is 2.37. The SMILES string of the molecule is CCCCCCCCCCCCCCC(c1ccccc1)N(C)C.CCCCCCCCCCCC[N+](C)(C)Cc1ccccc1.Cl.[Cl-]. The predicted octanol–water partition coefficient (Wildman–Crippen LogP) is 11.0. The van der Waals surface area contributed by atoms with Crippen molar-refractivity contribution in [1.29, 1.82) is 0 Å². The molecule has 2 aromatic rings. The Morgan fingerprint density at radius 3 is 1.25 bits per heavy atom. The van der Waals surface area contributed by atoms with Gasteiger partial charge in [0.25, 0.3) is 0 Å². The van der Waals surface area contributed by atoms with Gasteiger partial charge in [0.05, 0.1) is 20.6 Å². The molecule has 0 heterocycles. The van der Waals surface area contributed by atoms with Gasteiger partial charge in [-0.15, -0.1) is 12.4 Å². The number of rotatable bonds is 28. The third-order valence-electron chi connectivity index (χ3n) is 9.71. The highest BCUT2D eigenvalue weighted by molar-refractivity contribution is 5.85. The highest BCUT2D eigenvalue weighted by atomic mass is 35.5. The molecule has 0 radical (unpaired) electrons. The van der Waals surface area contributed by atoms with Crippen molar-refractivity contribution < 1.29 is 16.9 Å². The lowest BCUT2D eigenvalue weighted by Gasteiger charge is -2.30. The predicted molar refractivity (Wildman–Crippen MR) is 215 cm³/mol. The Morgan fingerprint density at radius 2 is 0.854 bits per heavy atom. The van der Waals surface area contributed by atoms with Crippen molar-refractivity contribution in [3.05, 3.63) is 71.8 Å². The molecule has 2 rings (SSSR count). The number of hydrogen-bond donors (Lipinski definition) is 0. The molecule has 0 amide bonds. The summed E-state index contributed by atoms with van der Waals surface area (Å²) in [7, 11) is 9.14. The minimum absolute atomic E-state index is 0. The second-order valence-electron chi connectivity index (χ2n) is 15.1. The number of hydrogen-bond acceptors (Lipinski definition) is 1. The van der Waals surface area contributed by atoms with E-state index in [0.717, 1.165) is 11.0 Å². The van der Waals surface area contributed by atoms with E-state index >= 15 is 0 Å². The quantitative estimate of drug-likeness (QED) is 0.0629. The number of quaternary nitrogens is 1. The van der Waals surface area contributed by atoms with Crippen molar-refractivity contribution in [2.45, 2.75) is 174 Å². The van der Waals surface area contributed by atoms with Crippen LogP contribution in [0, 0.1) is 0 Å². The lowest BCUT2D eigenvalue weighted by molar-refractivity contribution is -0.903. The van der Waals surface area contributed by atoms with E-state index in [1.807, 2.05) is 0 Å². The fraction of sp³-hybridized carbons (Fsp3) is 0.727. The maximum atomic E-state index is 2.37. The van der Waals surface area contributed by atoms with Crippen LogP contribution in [0.15, 0.2) is 60.7 Å². The molecular weight excluding hydrogens is 627 g/mol. The Morgan fingerprint density at radius 1 is 0.500 bits per heavy atom. The van der Waals surface area contributed by atoms with Crippen molar-refractivity contribution in [2.24, 2.45) is 0 Å². The minimum Gasteiger partial charge on any atom is -1.00 e. The first-order chi connectivity index (χ1) is 22.4. The second kappa shape index (κ2) is 34.4. The molecule has 1 unspecified atom stereocenters. The summed E-state index contributed by atoms with van der Waals surface area (Å²) >= 11 is 0. The first-order valence-electron chi connectivity index (χ1n) is 20.0. The van der Waals surface area contributed by atoms with Gasteiger partial charge < -0.3 is 21.8 Å². The molecule has 0 N–H and O–H groups in total. The van der Waals surface area contributed by atoms with E-state index in [9.17, 15) is 0 Å². The first-order valence-corrected chi connectivity index (χ1v) is 20.0. The van der Waals surface area contributed by atoms with E-state index in [-0.39, 0.29) is 24.8 Å². The Kier molecular flexibility index (Phi) is 35.1. The van der Waals surface area contributed by atoms with Crippen LogP contribution in [0.4, 0.5) is 0 Å². The Hall–Kier alpha value is -1.06. The van der Waals surface area contributed by atoms with Crippen LogP contribution in [0.1, 0.15) is 179 Å². The molecule has 0 aliphatic rings. The molecule has 0 saturated carbocycles. The maximum absolute atomic E-state index is 2.37. The summed E-state index contributed by atoms with van der Waals surface area (Å²) < 4.78 is 1.11. The Bertz CT molecular complexity index is 887. The van der Waals surface area contributed by atoms with Gasteiger partial charge in [0.1, 0.15) is 6.54 Å². The fourth-order valence-electron chi connectivity index (χ4n) is 6.76. The van der Waals surface area contributed by atoms with Crippen LogP contribution < -0.4 is 12.4 Å². The summed E-state index contributed by atoms with van der Waals surface area (Å²) in [6.07, 6.45) is 32.7. The summed E-state index contributed by atoms with van der Waals surface area (Å²) in [5.41, 5.74) is 2.92. The van der Waals surface area contributed by atoms with Crippen LogP contribution in [0.5, 0.6) is 0 Å².